The molecule has 0 unspecified atom stereocenters. The number of hydrogen-bond acceptors (Lipinski definition) is 4. The van der Waals surface area contributed by atoms with Crippen molar-refractivity contribution in [1.29, 1.82) is 0 Å². The highest BCUT2D eigenvalue weighted by Gasteiger charge is 2.12. The molecule has 3 rings (SSSR count). The number of rotatable bonds is 7. The van der Waals surface area contributed by atoms with Crippen molar-refractivity contribution in [2.24, 2.45) is 4.99 Å². The van der Waals surface area contributed by atoms with E-state index < -0.39 is 5.97 Å². The van der Waals surface area contributed by atoms with Crippen LogP contribution in [0.1, 0.15) is 32.6 Å². The summed E-state index contributed by atoms with van der Waals surface area (Å²) in [6.45, 7) is 4.38. The van der Waals surface area contributed by atoms with Crippen LogP contribution in [-0.2, 0) is 6.61 Å². The predicted octanol–water partition coefficient (Wildman–Crippen LogP) is 6.10. The molecule has 0 heterocycles. The first kappa shape index (κ1) is 21.6. The molecule has 0 saturated heterocycles. The first-order valence-electron chi connectivity index (χ1n) is 9.31. The first-order chi connectivity index (χ1) is 14.4. The zero-order chi connectivity index (χ0) is 21.7. The topological polar surface area (TPSA) is 68.1 Å². The Hall–Kier alpha value is -3.12. The molecule has 3 aromatic rings. The van der Waals surface area contributed by atoms with Gasteiger partial charge in [-0.05, 0) is 76.8 Å². The lowest BCUT2D eigenvalue weighted by Crippen LogP contribution is -2.01. The van der Waals surface area contributed by atoms with E-state index in [0.29, 0.717) is 11.5 Å². The van der Waals surface area contributed by atoms with Crippen LogP contribution >= 0.6 is 15.9 Å². The van der Waals surface area contributed by atoms with Gasteiger partial charge in [0.15, 0.2) is 11.5 Å². The molecule has 0 atom stereocenters. The third kappa shape index (κ3) is 5.27. The number of aliphatic imine (C=N–C) groups is 1. The molecule has 1 N–H and O–H groups in total. The molecular weight excluding hydrogens is 446 g/mol. The molecule has 0 radical (unpaired) electrons. The van der Waals surface area contributed by atoms with Crippen LogP contribution in [0.5, 0.6) is 11.5 Å². The maximum Gasteiger partial charge on any atom is 0.335 e. The molecule has 0 aliphatic heterocycles. The van der Waals surface area contributed by atoms with E-state index in [1.54, 1.807) is 37.6 Å². The standard InChI is InChI=1S/C24H22BrNO4/c1-15-4-9-21(16(2)10-15)26-13-18-11-20(25)23(22(12-18)29-3)30-14-17-5-7-19(8-6-17)24(27)28/h4-13H,14H2,1-3H3,(H,27,28). The van der Waals surface area contributed by atoms with Crippen molar-refractivity contribution in [3.63, 3.8) is 0 Å². The molecule has 154 valence electrons. The minimum absolute atomic E-state index is 0.241. The van der Waals surface area contributed by atoms with Gasteiger partial charge in [-0.25, -0.2) is 4.79 Å². The molecule has 0 aromatic heterocycles. The lowest BCUT2D eigenvalue weighted by Gasteiger charge is -2.13. The SMILES string of the molecule is COc1cc(C=Nc2ccc(C)cc2C)cc(Br)c1OCc1ccc(C(=O)O)cc1. The monoisotopic (exact) mass is 467 g/mol. The largest absolute Gasteiger partial charge is 0.493 e. The van der Waals surface area contributed by atoms with Crippen molar-refractivity contribution < 1.29 is 19.4 Å². The Balaban J connectivity index is 1.78. The minimum atomic E-state index is -0.954. The van der Waals surface area contributed by atoms with Crippen LogP contribution in [0.25, 0.3) is 0 Å². The Kier molecular flexibility index (Phi) is 6.90. The van der Waals surface area contributed by atoms with Gasteiger partial charge in [0.2, 0.25) is 0 Å². The van der Waals surface area contributed by atoms with Crippen molar-refractivity contribution in [3.8, 4) is 11.5 Å². The number of aryl methyl sites for hydroxylation is 2. The number of hydrogen-bond donors (Lipinski definition) is 1. The number of nitrogens with zero attached hydrogens (tertiary/aromatic N) is 1. The second-order valence-electron chi connectivity index (χ2n) is 6.87. The Morgan fingerprint density at radius 2 is 1.83 bits per heavy atom. The lowest BCUT2D eigenvalue weighted by molar-refractivity contribution is 0.0697. The highest BCUT2D eigenvalue weighted by atomic mass is 79.9. The number of benzene rings is 3. The van der Waals surface area contributed by atoms with Gasteiger partial charge in [0, 0.05) is 6.21 Å². The first-order valence-corrected chi connectivity index (χ1v) is 10.1. The maximum atomic E-state index is 11.0. The van der Waals surface area contributed by atoms with Gasteiger partial charge in [0.1, 0.15) is 6.61 Å². The fourth-order valence-corrected chi connectivity index (χ4v) is 3.52. The summed E-state index contributed by atoms with van der Waals surface area (Å²) in [5.74, 6) is 0.196. The fraction of sp³-hybridized carbons (Fsp3) is 0.167. The summed E-state index contributed by atoms with van der Waals surface area (Å²) in [5.41, 5.74) is 5.21. The lowest BCUT2D eigenvalue weighted by atomic mass is 10.1. The van der Waals surface area contributed by atoms with Crippen LogP contribution in [0.2, 0.25) is 0 Å². The van der Waals surface area contributed by atoms with E-state index in [-0.39, 0.29) is 12.2 Å². The zero-order valence-electron chi connectivity index (χ0n) is 17.0. The van der Waals surface area contributed by atoms with Gasteiger partial charge in [-0.15, -0.1) is 0 Å². The summed E-state index contributed by atoms with van der Waals surface area (Å²) in [4.78, 5) is 15.6. The average molecular weight is 468 g/mol. The second-order valence-corrected chi connectivity index (χ2v) is 7.73. The summed E-state index contributed by atoms with van der Waals surface area (Å²) in [6, 6.07) is 16.5. The molecular formula is C24H22BrNO4. The smallest absolute Gasteiger partial charge is 0.335 e. The predicted molar refractivity (Wildman–Crippen MR) is 122 cm³/mol. The Labute approximate surface area is 184 Å². The molecule has 0 fully saturated rings. The molecule has 0 amide bonds. The summed E-state index contributed by atoms with van der Waals surface area (Å²) in [5, 5.41) is 8.99. The zero-order valence-corrected chi connectivity index (χ0v) is 18.6. The van der Waals surface area contributed by atoms with Crippen molar-refractivity contribution in [2.75, 3.05) is 7.11 Å². The van der Waals surface area contributed by atoms with Crippen molar-refractivity contribution in [1.82, 2.24) is 0 Å². The Bertz CT molecular complexity index is 1090. The van der Waals surface area contributed by atoms with Crippen LogP contribution in [0.4, 0.5) is 5.69 Å². The molecule has 0 saturated carbocycles. The van der Waals surface area contributed by atoms with Crippen LogP contribution in [0, 0.1) is 13.8 Å². The van der Waals surface area contributed by atoms with Gasteiger partial charge < -0.3 is 14.6 Å². The van der Waals surface area contributed by atoms with Gasteiger partial charge in [0.25, 0.3) is 0 Å². The van der Waals surface area contributed by atoms with Gasteiger partial charge in [0.05, 0.1) is 22.8 Å². The maximum absolute atomic E-state index is 11.0. The van der Waals surface area contributed by atoms with E-state index in [0.717, 1.165) is 26.9 Å². The summed E-state index contributed by atoms with van der Waals surface area (Å²) in [7, 11) is 1.58. The molecule has 0 bridgehead atoms. The number of halogens is 1. The molecule has 3 aromatic carbocycles. The molecule has 30 heavy (non-hydrogen) atoms. The Morgan fingerprint density at radius 1 is 1.10 bits per heavy atom. The number of carboxylic acid groups (broad SMARTS) is 1. The quantitative estimate of drug-likeness (QED) is 0.426. The summed E-state index contributed by atoms with van der Waals surface area (Å²) >= 11 is 3.55. The number of carboxylic acids is 1. The molecule has 6 heteroatoms. The number of methoxy groups -OCH3 is 1. The highest BCUT2D eigenvalue weighted by Crippen LogP contribution is 2.37. The van der Waals surface area contributed by atoms with Crippen molar-refractivity contribution >= 4 is 33.8 Å². The van der Waals surface area contributed by atoms with Crippen LogP contribution < -0.4 is 9.47 Å². The highest BCUT2D eigenvalue weighted by molar-refractivity contribution is 9.10. The van der Waals surface area contributed by atoms with E-state index in [1.165, 1.54) is 5.56 Å². The van der Waals surface area contributed by atoms with Gasteiger partial charge >= 0.3 is 5.97 Å². The Morgan fingerprint density at radius 3 is 2.47 bits per heavy atom. The molecule has 5 nitrogen and oxygen atoms in total. The third-order valence-corrected chi connectivity index (χ3v) is 5.13. The second kappa shape index (κ2) is 9.59. The minimum Gasteiger partial charge on any atom is -0.493 e. The van der Waals surface area contributed by atoms with Gasteiger partial charge in [-0.3, -0.25) is 4.99 Å². The van der Waals surface area contributed by atoms with Crippen LogP contribution in [0.3, 0.4) is 0 Å². The van der Waals surface area contributed by atoms with E-state index in [4.69, 9.17) is 14.6 Å². The molecule has 0 aliphatic rings. The number of ether oxygens (including phenoxy) is 2. The fourth-order valence-electron chi connectivity index (χ4n) is 2.95. The van der Waals surface area contributed by atoms with Gasteiger partial charge in [-0.1, -0.05) is 29.8 Å². The molecule has 0 aliphatic carbocycles. The third-order valence-electron chi connectivity index (χ3n) is 4.54. The van der Waals surface area contributed by atoms with Gasteiger partial charge in [-0.2, -0.15) is 0 Å². The van der Waals surface area contributed by atoms with Crippen LogP contribution in [0.15, 0.2) is 64.1 Å². The van der Waals surface area contributed by atoms with Crippen molar-refractivity contribution in [3.05, 3.63) is 86.9 Å². The summed E-state index contributed by atoms with van der Waals surface area (Å²) in [6.07, 6.45) is 1.79. The van der Waals surface area contributed by atoms with E-state index in [2.05, 4.69) is 33.9 Å². The average Bonchev–Trinajstić information content (AvgIpc) is 2.72. The summed E-state index contributed by atoms with van der Waals surface area (Å²) < 4.78 is 12.2. The normalized spacial score (nSPS) is 10.9. The number of carbonyl (C=O) groups is 1. The van der Waals surface area contributed by atoms with E-state index >= 15 is 0 Å². The van der Waals surface area contributed by atoms with Crippen molar-refractivity contribution in [2.45, 2.75) is 20.5 Å². The van der Waals surface area contributed by atoms with E-state index in [1.807, 2.05) is 31.2 Å². The van der Waals surface area contributed by atoms with E-state index in [9.17, 15) is 4.79 Å². The number of aromatic carboxylic acids is 1. The molecule has 0 spiro atoms. The van der Waals surface area contributed by atoms with Crippen LogP contribution in [-0.4, -0.2) is 24.4 Å².